The van der Waals surface area contributed by atoms with Crippen LogP contribution in [0.1, 0.15) is 28.0 Å². The number of amides is 1. The molecule has 140 valence electrons. The fourth-order valence-electron chi connectivity index (χ4n) is 2.21. The minimum absolute atomic E-state index is 0.0832. The van der Waals surface area contributed by atoms with Crippen LogP contribution < -0.4 is 16.0 Å². The number of carbonyl (C=O) groups excluding carboxylic acids is 1. The minimum Gasteiger partial charge on any atom is -0.357 e. The molecule has 26 heavy (non-hydrogen) atoms. The van der Waals surface area contributed by atoms with E-state index in [2.05, 4.69) is 47.2 Å². The standard InChI is InChI=1S/C18H24BrN5OS/c1-3-20-18(22-9-8-16-12-26-13(2)24-16)23-11-10-21-17(25)14-4-6-15(19)7-5-14/h4-7,12H,3,8-11H2,1-2H3,(H,21,25)(H2,20,22,23). The Morgan fingerprint density at radius 3 is 2.58 bits per heavy atom. The van der Waals surface area contributed by atoms with Crippen LogP contribution in [0.5, 0.6) is 0 Å². The summed E-state index contributed by atoms with van der Waals surface area (Å²) in [4.78, 5) is 21.0. The molecule has 2 aromatic rings. The van der Waals surface area contributed by atoms with Gasteiger partial charge in [-0.15, -0.1) is 11.3 Å². The van der Waals surface area contributed by atoms with Gasteiger partial charge in [-0.3, -0.25) is 9.79 Å². The minimum atomic E-state index is -0.0832. The van der Waals surface area contributed by atoms with Crippen molar-refractivity contribution in [2.45, 2.75) is 20.3 Å². The number of rotatable bonds is 8. The van der Waals surface area contributed by atoms with Crippen LogP contribution in [0.25, 0.3) is 0 Å². The highest BCUT2D eigenvalue weighted by Crippen LogP contribution is 2.10. The maximum atomic E-state index is 12.1. The number of thiazole rings is 1. The number of nitrogens with one attached hydrogen (secondary N) is 3. The Hall–Kier alpha value is -1.93. The number of halogens is 1. The fourth-order valence-corrected chi connectivity index (χ4v) is 3.12. The second-order valence-electron chi connectivity index (χ2n) is 5.56. The highest BCUT2D eigenvalue weighted by molar-refractivity contribution is 9.10. The van der Waals surface area contributed by atoms with E-state index in [-0.39, 0.29) is 5.91 Å². The highest BCUT2D eigenvalue weighted by atomic mass is 79.9. The third-order valence-electron chi connectivity index (χ3n) is 3.46. The molecule has 0 fully saturated rings. The molecule has 0 aliphatic rings. The van der Waals surface area contributed by atoms with Gasteiger partial charge in [-0.1, -0.05) is 15.9 Å². The van der Waals surface area contributed by atoms with Crippen LogP contribution in [-0.2, 0) is 6.42 Å². The zero-order valence-electron chi connectivity index (χ0n) is 15.0. The Labute approximate surface area is 166 Å². The molecule has 0 unspecified atom stereocenters. The molecule has 0 saturated heterocycles. The van der Waals surface area contributed by atoms with Gasteiger partial charge in [0.2, 0.25) is 0 Å². The summed E-state index contributed by atoms with van der Waals surface area (Å²) in [6, 6.07) is 7.29. The van der Waals surface area contributed by atoms with Gasteiger partial charge in [0, 0.05) is 48.0 Å². The summed E-state index contributed by atoms with van der Waals surface area (Å²) >= 11 is 5.02. The van der Waals surface area contributed by atoms with E-state index in [1.54, 1.807) is 23.5 Å². The number of hydrogen-bond donors (Lipinski definition) is 3. The lowest BCUT2D eigenvalue weighted by Gasteiger charge is -2.12. The molecule has 1 amide bonds. The van der Waals surface area contributed by atoms with E-state index in [0.29, 0.717) is 25.2 Å². The van der Waals surface area contributed by atoms with Gasteiger partial charge in [-0.25, -0.2) is 4.98 Å². The van der Waals surface area contributed by atoms with Crippen molar-refractivity contribution in [3.8, 4) is 0 Å². The quantitative estimate of drug-likeness (QED) is 0.337. The zero-order chi connectivity index (χ0) is 18.8. The van der Waals surface area contributed by atoms with E-state index in [4.69, 9.17) is 0 Å². The van der Waals surface area contributed by atoms with Gasteiger partial charge in [0.05, 0.1) is 10.7 Å². The molecular weight excluding hydrogens is 414 g/mol. The zero-order valence-corrected chi connectivity index (χ0v) is 17.4. The molecule has 0 radical (unpaired) electrons. The lowest BCUT2D eigenvalue weighted by molar-refractivity contribution is 0.0954. The molecule has 0 saturated carbocycles. The van der Waals surface area contributed by atoms with Gasteiger partial charge in [0.25, 0.3) is 5.91 Å². The van der Waals surface area contributed by atoms with Crippen LogP contribution in [0.15, 0.2) is 39.1 Å². The molecule has 0 atom stereocenters. The second-order valence-corrected chi connectivity index (χ2v) is 7.54. The number of hydrogen-bond acceptors (Lipinski definition) is 4. The van der Waals surface area contributed by atoms with E-state index in [1.165, 1.54) is 0 Å². The van der Waals surface area contributed by atoms with E-state index in [0.717, 1.165) is 34.1 Å². The van der Waals surface area contributed by atoms with E-state index in [9.17, 15) is 4.79 Å². The Kier molecular flexibility index (Phi) is 8.57. The van der Waals surface area contributed by atoms with Crippen molar-refractivity contribution in [2.75, 3.05) is 26.2 Å². The normalized spacial score (nSPS) is 11.3. The second kappa shape index (κ2) is 10.9. The topological polar surface area (TPSA) is 78.4 Å². The first kappa shape index (κ1) is 20.4. The average Bonchev–Trinajstić information content (AvgIpc) is 3.04. The summed E-state index contributed by atoms with van der Waals surface area (Å²) in [7, 11) is 0. The largest absolute Gasteiger partial charge is 0.357 e. The summed E-state index contributed by atoms with van der Waals surface area (Å²) in [5.41, 5.74) is 1.72. The number of benzene rings is 1. The third-order valence-corrected chi connectivity index (χ3v) is 4.81. The fraction of sp³-hybridized carbons (Fsp3) is 0.389. The first-order valence-electron chi connectivity index (χ1n) is 8.55. The molecule has 2 rings (SSSR count). The van der Waals surface area contributed by atoms with Crippen molar-refractivity contribution in [3.05, 3.63) is 50.4 Å². The number of aryl methyl sites for hydroxylation is 1. The van der Waals surface area contributed by atoms with Crippen LogP contribution >= 0.6 is 27.3 Å². The molecule has 0 aliphatic carbocycles. The van der Waals surface area contributed by atoms with Gasteiger partial charge >= 0.3 is 0 Å². The Bertz CT molecular complexity index is 729. The molecule has 6 nitrogen and oxygen atoms in total. The van der Waals surface area contributed by atoms with Gasteiger partial charge in [-0.05, 0) is 38.1 Å². The number of aromatic nitrogens is 1. The van der Waals surface area contributed by atoms with Gasteiger partial charge in [0.1, 0.15) is 0 Å². The summed E-state index contributed by atoms with van der Waals surface area (Å²) in [6.07, 6.45) is 0.821. The maximum Gasteiger partial charge on any atom is 0.251 e. The number of aliphatic imine (C=N–C) groups is 1. The van der Waals surface area contributed by atoms with Gasteiger partial charge in [-0.2, -0.15) is 0 Å². The first-order valence-corrected chi connectivity index (χ1v) is 10.2. The molecule has 1 heterocycles. The van der Waals surface area contributed by atoms with Crippen LogP contribution in [0.2, 0.25) is 0 Å². The van der Waals surface area contributed by atoms with Gasteiger partial charge in [0.15, 0.2) is 5.96 Å². The van der Waals surface area contributed by atoms with Gasteiger partial charge < -0.3 is 16.0 Å². The maximum absolute atomic E-state index is 12.1. The summed E-state index contributed by atoms with van der Waals surface area (Å²) in [5, 5.41) is 12.5. The molecule has 0 aliphatic heterocycles. The molecule has 3 N–H and O–H groups in total. The molecule has 0 spiro atoms. The van der Waals surface area contributed by atoms with E-state index < -0.39 is 0 Å². The smallest absolute Gasteiger partial charge is 0.251 e. The molecule has 1 aromatic heterocycles. The molecule has 8 heteroatoms. The van der Waals surface area contributed by atoms with Crippen LogP contribution in [0.4, 0.5) is 0 Å². The monoisotopic (exact) mass is 437 g/mol. The lowest BCUT2D eigenvalue weighted by Crippen LogP contribution is -2.41. The summed E-state index contributed by atoms with van der Waals surface area (Å²) < 4.78 is 0.954. The van der Waals surface area contributed by atoms with E-state index in [1.807, 2.05) is 26.0 Å². The number of nitrogens with zero attached hydrogens (tertiary/aromatic N) is 2. The SMILES string of the molecule is CCNC(=NCCc1csc(C)n1)NCCNC(=O)c1ccc(Br)cc1. The van der Waals surface area contributed by atoms with Crippen LogP contribution in [0, 0.1) is 6.92 Å². The van der Waals surface area contributed by atoms with Crippen molar-refractivity contribution in [2.24, 2.45) is 4.99 Å². The summed E-state index contributed by atoms with van der Waals surface area (Å²) in [6.45, 7) is 6.60. The Morgan fingerprint density at radius 1 is 1.19 bits per heavy atom. The predicted octanol–water partition coefficient (Wildman–Crippen LogP) is 2.74. The van der Waals surface area contributed by atoms with Crippen LogP contribution in [-0.4, -0.2) is 43.0 Å². The predicted molar refractivity (Wildman–Crippen MR) is 111 cm³/mol. The molecule has 1 aromatic carbocycles. The molecular formula is C18H24BrN5OS. The molecule has 0 bridgehead atoms. The number of carbonyl (C=O) groups is 1. The third kappa shape index (κ3) is 7.13. The highest BCUT2D eigenvalue weighted by Gasteiger charge is 2.04. The number of guanidine groups is 1. The van der Waals surface area contributed by atoms with Crippen molar-refractivity contribution in [3.63, 3.8) is 0 Å². The van der Waals surface area contributed by atoms with Crippen molar-refractivity contribution in [1.82, 2.24) is 20.9 Å². The average molecular weight is 438 g/mol. The van der Waals surface area contributed by atoms with Crippen molar-refractivity contribution in [1.29, 1.82) is 0 Å². The Balaban J connectivity index is 1.72. The van der Waals surface area contributed by atoms with Crippen molar-refractivity contribution < 1.29 is 4.79 Å². The summed E-state index contributed by atoms with van der Waals surface area (Å²) in [5.74, 6) is 0.664. The van der Waals surface area contributed by atoms with Crippen LogP contribution in [0.3, 0.4) is 0 Å². The lowest BCUT2D eigenvalue weighted by atomic mass is 10.2. The first-order chi connectivity index (χ1) is 12.6. The van der Waals surface area contributed by atoms with E-state index >= 15 is 0 Å². The Morgan fingerprint density at radius 2 is 1.92 bits per heavy atom. The van der Waals surface area contributed by atoms with Crippen molar-refractivity contribution >= 4 is 39.1 Å².